The summed E-state index contributed by atoms with van der Waals surface area (Å²) in [6.07, 6.45) is 3.76. The maximum Gasteiger partial charge on any atom is 0.193 e. The molecule has 0 aliphatic heterocycles. The summed E-state index contributed by atoms with van der Waals surface area (Å²) in [6.45, 7) is 0. The van der Waals surface area contributed by atoms with Crippen LogP contribution in [0, 0.1) is 0 Å². The van der Waals surface area contributed by atoms with Crippen molar-refractivity contribution in [3.63, 3.8) is 0 Å². The van der Waals surface area contributed by atoms with Crippen LogP contribution >= 0.6 is 0 Å². The number of benzene rings is 3. The van der Waals surface area contributed by atoms with Crippen LogP contribution in [0.1, 0.15) is 53.1 Å². The molecule has 1 aliphatic rings. The van der Waals surface area contributed by atoms with Gasteiger partial charge in [0.2, 0.25) is 0 Å². The van der Waals surface area contributed by atoms with Gasteiger partial charge in [0.25, 0.3) is 0 Å². The van der Waals surface area contributed by atoms with Gasteiger partial charge in [0.1, 0.15) is 0 Å². The summed E-state index contributed by atoms with van der Waals surface area (Å²) >= 11 is 0. The van der Waals surface area contributed by atoms with Crippen molar-refractivity contribution in [1.29, 1.82) is 0 Å². The largest absolute Gasteiger partial charge is 0.392 e. The fourth-order valence-corrected chi connectivity index (χ4v) is 4.20. The quantitative estimate of drug-likeness (QED) is 0.618. The third-order valence-corrected chi connectivity index (χ3v) is 5.59. The van der Waals surface area contributed by atoms with Gasteiger partial charge in [0, 0.05) is 17.0 Å². The summed E-state index contributed by atoms with van der Waals surface area (Å²) in [6, 6.07) is 25.5. The first-order chi connectivity index (χ1) is 13.3. The third-order valence-electron chi connectivity index (χ3n) is 5.59. The zero-order valence-electron chi connectivity index (χ0n) is 15.3. The first kappa shape index (κ1) is 17.7. The molecule has 1 fully saturated rings. The normalized spacial score (nSPS) is 19.6. The highest BCUT2D eigenvalue weighted by atomic mass is 16.3. The number of rotatable bonds is 4. The van der Waals surface area contributed by atoms with E-state index in [0.29, 0.717) is 11.1 Å². The van der Waals surface area contributed by atoms with Gasteiger partial charge < -0.3 is 5.11 Å². The van der Waals surface area contributed by atoms with Crippen molar-refractivity contribution in [2.45, 2.75) is 37.7 Å². The molecule has 0 bridgehead atoms. The molecule has 4 rings (SSSR count). The molecule has 2 atom stereocenters. The van der Waals surface area contributed by atoms with Gasteiger partial charge in [-0.1, -0.05) is 91.7 Å². The summed E-state index contributed by atoms with van der Waals surface area (Å²) in [7, 11) is 0. The van der Waals surface area contributed by atoms with E-state index in [2.05, 4.69) is 12.1 Å². The van der Waals surface area contributed by atoms with Crippen molar-refractivity contribution in [2.24, 2.45) is 0 Å². The number of aliphatic hydroxyl groups is 1. The Hall–Kier alpha value is -2.71. The van der Waals surface area contributed by atoms with Crippen LogP contribution in [0.5, 0.6) is 0 Å². The summed E-state index contributed by atoms with van der Waals surface area (Å²) in [5, 5.41) is 10.6. The van der Waals surface area contributed by atoms with E-state index in [1.807, 2.05) is 66.7 Å². The molecule has 27 heavy (non-hydrogen) atoms. The van der Waals surface area contributed by atoms with Crippen LogP contribution < -0.4 is 0 Å². The van der Waals surface area contributed by atoms with Crippen molar-refractivity contribution in [3.05, 3.63) is 95.6 Å². The number of hydrogen-bond acceptors (Lipinski definition) is 2. The molecule has 2 heteroatoms. The SMILES string of the molecule is O=C(c1ccccc1)c1ccccc1-c1ccccc1C1CCCCC1O. The highest BCUT2D eigenvalue weighted by Crippen LogP contribution is 2.39. The molecule has 1 N–H and O–H groups in total. The minimum absolute atomic E-state index is 0.0326. The van der Waals surface area contributed by atoms with Gasteiger partial charge in [-0.25, -0.2) is 0 Å². The molecule has 0 spiro atoms. The molecular formula is C25H24O2. The second-order valence-corrected chi connectivity index (χ2v) is 7.29. The highest BCUT2D eigenvalue weighted by molar-refractivity contribution is 6.13. The van der Waals surface area contributed by atoms with E-state index in [4.69, 9.17) is 0 Å². The third kappa shape index (κ3) is 3.58. The summed E-state index contributed by atoms with van der Waals surface area (Å²) in [4.78, 5) is 13.1. The van der Waals surface area contributed by atoms with Gasteiger partial charge >= 0.3 is 0 Å². The minimum Gasteiger partial charge on any atom is -0.392 e. The highest BCUT2D eigenvalue weighted by Gasteiger charge is 2.27. The summed E-state index contributed by atoms with van der Waals surface area (Å²) in [5.74, 6) is 0.167. The van der Waals surface area contributed by atoms with Crippen LogP contribution in [-0.2, 0) is 0 Å². The van der Waals surface area contributed by atoms with Crippen LogP contribution in [0.15, 0.2) is 78.9 Å². The lowest BCUT2D eigenvalue weighted by Gasteiger charge is -2.30. The Labute approximate surface area is 160 Å². The second-order valence-electron chi connectivity index (χ2n) is 7.29. The van der Waals surface area contributed by atoms with Crippen LogP contribution in [0.3, 0.4) is 0 Å². The Kier molecular flexibility index (Phi) is 5.17. The maximum absolute atomic E-state index is 13.1. The summed E-state index contributed by atoms with van der Waals surface area (Å²) < 4.78 is 0. The average molecular weight is 356 g/mol. The smallest absolute Gasteiger partial charge is 0.193 e. The lowest BCUT2D eigenvalue weighted by atomic mass is 9.78. The Balaban J connectivity index is 1.81. The number of ketones is 1. The molecule has 2 unspecified atom stereocenters. The number of carbonyl (C=O) groups is 1. The molecule has 0 aromatic heterocycles. The number of hydrogen-bond donors (Lipinski definition) is 1. The Morgan fingerprint density at radius 1 is 0.741 bits per heavy atom. The van der Waals surface area contributed by atoms with Crippen molar-refractivity contribution < 1.29 is 9.90 Å². The lowest BCUT2D eigenvalue weighted by molar-refractivity contribution is 0.103. The van der Waals surface area contributed by atoms with Crippen molar-refractivity contribution >= 4 is 5.78 Å². The monoisotopic (exact) mass is 356 g/mol. The van der Waals surface area contributed by atoms with E-state index in [0.717, 1.165) is 42.4 Å². The molecule has 136 valence electrons. The van der Waals surface area contributed by atoms with Gasteiger partial charge in [0.15, 0.2) is 5.78 Å². The molecule has 1 aliphatic carbocycles. The van der Waals surface area contributed by atoms with Gasteiger partial charge in [-0.2, -0.15) is 0 Å². The van der Waals surface area contributed by atoms with Crippen molar-refractivity contribution in [3.8, 4) is 11.1 Å². The molecule has 2 nitrogen and oxygen atoms in total. The summed E-state index contributed by atoms with van der Waals surface area (Å²) in [5.41, 5.74) is 4.56. The van der Waals surface area contributed by atoms with E-state index in [1.54, 1.807) is 0 Å². The lowest BCUT2D eigenvalue weighted by Crippen LogP contribution is -2.23. The van der Waals surface area contributed by atoms with Gasteiger partial charge in [0.05, 0.1) is 6.10 Å². The zero-order valence-corrected chi connectivity index (χ0v) is 15.3. The Morgan fingerprint density at radius 3 is 2.15 bits per heavy atom. The maximum atomic E-state index is 13.1. The fourth-order valence-electron chi connectivity index (χ4n) is 4.20. The molecule has 3 aromatic rings. The van der Waals surface area contributed by atoms with Crippen LogP contribution in [0.4, 0.5) is 0 Å². The van der Waals surface area contributed by atoms with E-state index < -0.39 is 0 Å². The number of aliphatic hydroxyl groups excluding tert-OH is 1. The van der Waals surface area contributed by atoms with Gasteiger partial charge in [-0.15, -0.1) is 0 Å². The first-order valence-corrected chi connectivity index (χ1v) is 9.72. The van der Waals surface area contributed by atoms with E-state index in [9.17, 15) is 9.90 Å². The molecule has 3 aromatic carbocycles. The van der Waals surface area contributed by atoms with Gasteiger partial charge in [-0.05, 0) is 29.5 Å². The Bertz CT molecular complexity index is 930. The Morgan fingerprint density at radius 2 is 1.37 bits per heavy atom. The van der Waals surface area contributed by atoms with Crippen LogP contribution in [0.2, 0.25) is 0 Å². The fraction of sp³-hybridized carbons (Fsp3) is 0.240. The second kappa shape index (κ2) is 7.89. The molecule has 0 saturated heterocycles. The van der Waals surface area contributed by atoms with Gasteiger partial charge in [-0.3, -0.25) is 4.79 Å². The van der Waals surface area contributed by atoms with E-state index in [1.165, 1.54) is 0 Å². The average Bonchev–Trinajstić information content (AvgIpc) is 2.74. The molecule has 0 radical (unpaired) electrons. The van der Waals surface area contributed by atoms with Crippen molar-refractivity contribution in [1.82, 2.24) is 0 Å². The van der Waals surface area contributed by atoms with Crippen LogP contribution in [0.25, 0.3) is 11.1 Å². The predicted octanol–water partition coefficient (Wildman–Crippen LogP) is 5.60. The predicted molar refractivity (Wildman–Crippen MR) is 109 cm³/mol. The molecule has 0 heterocycles. The minimum atomic E-state index is -0.308. The number of carbonyl (C=O) groups excluding carboxylic acids is 1. The first-order valence-electron chi connectivity index (χ1n) is 9.72. The van der Waals surface area contributed by atoms with E-state index in [-0.39, 0.29) is 17.8 Å². The van der Waals surface area contributed by atoms with E-state index >= 15 is 0 Å². The van der Waals surface area contributed by atoms with Crippen LogP contribution in [-0.4, -0.2) is 17.0 Å². The topological polar surface area (TPSA) is 37.3 Å². The molecule has 1 saturated carbocycles. The molecule has 0 amide bonds. The van der Waals surface area contributed by atoms with Crippen molar-refractivity contribution in [2.75, 3.05) is 0 Å². The zero-order chi connectivity index (χ0) is 18.6. The standard InChI is InChI=1S/C25H24O2/c26-24-17-9-8-15-22(24)20-13-5-4-12-19(20)21-14-6-7-16-23(21)25(27)18-10-2-1-3-11-18/h1-7,10-14,16,22,24,26H,8-9,15,17H2. The molecular weight excluding hydrogens is 332 g/mol.